The van der Waals surface area contributed by atoms with E-state index in [-0.39, 0.29) is 12.7 Å². The van der Waals surface area contributed by atoms with Gasteiger partial charge in [0.25, 0.3) is 0 Å². The fraction of sp³-hybridized carbons (Fsp3) is 0.600. The van der Waals surface area contributed by atoms with Crippen molar-refractivity contribution in [3.8, 4) is 11.5 Å². The van der Waals surface area contributed by atoms with Crippen LogP contribution < -0.4 is 9.47 Å². The predicted octanol–water partition coefficient (Wildman–Crippen LogP) is 1.29. The minimum Gasteiger partial charge on any atom is -0.490 e. The molecule has 1 saturated heterocycles. The molecule has 0 bridgehead atoms. The molecule has 112 valence electrons. The standard InChI is InChI=1S/C15H23NO4/c1-3-18-14-6-4-5-12(10-17)15(14)20-11-13-9-16(2)7-8-19-13/h4-6,13,17H,3,7-11H2,1-2H3. The Bertz CT molecular complexity index is 424. The van der Waals surface area contributed by atoms with Gasteiger partial charge in [-0.25, -0.2) is 0 Å². The van der Waals surface area contributed by atoms with Crippen LogP contribution in [0.1, 0.15) is 12.5 Å². The Morgan fingerprint density at radius 3 is 2.95 bits per heavy atom. The van der Waals surface area contributed by atoms with Crippen LogP contribution in [0.5, 0.6) is 11.5 Å². The van der Waals surface area contributed by atoms with E-state index in [1.54, 1.807) is 0 Å². The van der Waals surface area contributed by atoms with E-state index < -0.39 is 0 Å². The minimum atomic E-state index is -0.0678. The van der Waals surface area contributed by atoms with E-state index in [1.165, 1.54) is 0 Å². The minimum absolute atomic E-state index is 0.0509. The fourth-order valence-electron chi connectivity index (χ4n) is 2.26. The average Bonchev–Trinajstić information content (AvgIpc) is 2.46. The van der Waals surface area contributed by atoms with Crippen molar-refractivity contribution in [3.05, 3.63) is 23.8 Å². The summed E-state index contributed by atoms with van der Waals surface area (Å²) in [6.45, 7) is 5.41. The summed E-state index contributed by atoms with van der Waals surface area (Å²) in [5, 5.41) is 9.42. The summed E-state index contributed by atoms with van der Waals surface area (Å²) < 4.78 is 17.1. The first-order valence-electron chi connectivity index (χ1n) is 7.03. The molecule has 1 heterocycles. The molecule has 0 amide bonds. The smallest absolute Gasteiger partial charge is 0.166 e. The summed E-state index contributed by atoms with van der Waals surface area (Å²) in [6.07, 6.45) is 0.0509. The number of hydrogen-bond donors (Lipinski definition) is 1. The molecule has 0 aromatic heterocycles. The first-order valence-corrected chi connectivity index (χ1v) is 7.03. The first-order chi connectivity index (χ1) is 9.74. The van der Waals surface area contributed by atoms with Crippen LogP contribution >= 0.6 is 0 Å². The lowest BCUT2D eigenvalue weighted by Gasteiger charge is -2.30. The molecule has 1 unspecified atom stereocenters. The summed E-state index contributed by atoms with van der Waals surface area (Å²) in [4.78, 5) is 2.22. The lowest BCUT2D eigenvalue weighted by atomic mass is 10.2. The number of hydrogen-bond acceptors (Lipinski definition) is 5. The van der Waals surface area contributed by atoms with E-state index in [0.717, 1.165) is 25.3 Å². The van der Waals surface area contributed by atoms with Crippen LogP contribution in [0.2, 0.25) is 0 Å². The molecule has 1 aliphatic heterocycles. The molecular formula is C15H23NO4. The van der Waals surface area contributed by atoms with Crippen molar-refractivity contribution in [1.82, 2.24) is 4.90 Å². The largest absolute Gasteiger partial charge is 0.490 e. The van der Waals surface area contributed by atoms with E-state index >= 15 is 0 Å². The van der Waals surface area contributed by atoms with Gasteiger partial charge in [0.05, 0.1) is 19.8 Å². The third kappa shape index (κ3) is 3.85. The molecule has 20 heavy (non-hydrogen) atoms. The third-order valence-electron chi connectivity index (χ3n) is 3.29. The van der Waals surface area contributed by atoms with Crippen molar-refractivity contribution in [2.75, 3.05) is 40.0 Å². The van der Waals surface area contributed by atoms with Gasteiger partial charge in [-0.2, -0.15) is 0 Å². The predicted molar refractivity (Wildman–Crippen MR) is 76.3 cm³/mol. The number of para-hydroxylation sites is 1. The van der Waals surface area contributed by atoms with Crippen molar-refractivity contribution < 1.29 is 19.3 Å². The van der Waals surface area contributed by atoms with Crippen LogP contribution in [0.15, 0.2) is 18.2 Å². The first kappa shape index (κ1) is 15.1. The Kier molecular flexibility index (Phi) is 5.64. The second-order valence-corrected chi connectivity index (χ2v) is 4.90. The number of benzene rings is 1. The van der Waals surface area contributed by atoms with E-state index in [0.29, 0.717) is 24.7 Å². The van der Waals surface area contributed by atoms with Gasteiger partial charge in [0.15, 0.2) is 11.5 Å². The lowest BCUT2D eigenvalue weighted by Crippen LogP contribution is -2.42. The van der Waals surface area contributed by atoms with Gasteiger partial charge in [-0.15, -0.1) is 0 Å². The molecule has 1 N–H and O–H groups in total. The van der Waals surface area contributed by atoms with Crippen molar-refractivity contribution in [1.29, 1.82) is 0 Å². The van der Waals surface area contributed by atoms with Gasteiger partial charge in [-0.05, 0) is 20.0 Å². The summed E-state index contributed by atoms with van der Waals surface area (Å²) in [6, 6.07) is 5.55. The van der Waals surface area contributed by atoms with E-state index in [9.17, 15) is 5.11 Å². The molecule has 0 spiro atoms. The fourth-order valence-corrected chi connectivity index (χ4v) is 2.26. The summed E-state index contributed by atoms with van der Waals surface area (Å²) in [5.41, 5.74) is 0.736. The summed E-state index contributed by atoms with van der Waals surface area (Å²) in [5.74, 6) is 1.29. The average molecular weight is 281 g/mol. The van der Waals surface area contributed by atoms with E-state index in [4.69, 9.17) is 14.2 Å². The SMILES string of the molecule is CCOc1cccc(CO)c1OCC1CN(C)CCO1. The number of ether oxygens (including phenoxy) is 3. The van der Waals surface area contributed by atoms with Gasteiger partial charge >= 0.3 is 0 Å². The van der Waals surface area contributed by atoms with Crippen LogP contribution in [0, 0.1) is 0 Å². The van der Waals surface area contributed by atoms with Crippen molar-refractivity contribution >= 4 is 0 Å². The zero-order valence-corrected chi connectivity index (χ0v) is 12.2. The number of nitrogens with zero attached hydrogens (tertiary/aromatic N) is 1. The molecule has 1 aromatic carbocycles. The summed E-state index contributed by atoms with van der Waals surface area (Å²) >= 11 is 0. The van der Waals surface area contributed by atoms with Gasteiger partial charge in [-0.1, -0.05) is 12.1 Å². The van der Waals surface area contributed by atoms with Gasteiger partial charge in [0.2, 0.25) is 0 Å². The molecule has 1 atom stereocenters. The Balaban J connectivity index is 2.03. The number of aliphatic hydroxyl groups excluding tert-OH is 1. The highest BCUT2D eigenvalue weighted by Crippen LogP contribution is 2.31. The molecular weight excluding hydrogens is 258 g/mol. The molecule has 0 saturated carbocycles. The third-order valence-corrected chi connectivity index (χ3v) is 3.29. The topological polar surface area (TPSA) is 51.2 Å². The maximum Gasteiger partial charge on any atom is 0.166 e. The van der Waals surface area contributed by atoms with Crippen LogP contribution in [0.3, 0.4) is 0 Å². The number of aliphatic hydroxyl groups is 1. The molecule has 1 fully saturated rings. The maximum atomic E-state index is 9.42. The number of morpholine rings is 1. The highest BCUT2D eigenvalue weighted by atomic mass is 16.5. The van der Waals surface area contributed by atoms with Gasteiger partial charge in [0.1, 0.15) is 12.7 Å². The van der Waals surface area contributed by atoms with E-state index in [2.05, 4.69) is 11.9 Å². The molecule has 1 aromatic rings. The van der Waals surface area contributed by atoms with E-state index in [1.807, 2.05) is 25.1 Å². The molecule has 2 rings (SSSR count). The molecule has 1 aliphatic rings. The van der Waals surface area contributed by atoms with Crippen LogP contribution in [0.25, 0.3) is 0 Å². The lowest BCUT2D eigenvalue weighted by molar-refractivity contribution is -0.0409. The maximum absolute atomic E-state index is 9.42. The zero-order chi connectivity index (χ0) is 14.4. The molecule has 0 radical (unpaired) electrons. The Morgan fingerprint density at radius 1 is 1.40 bits per heavy atom. The zero-order valence-electron chi connectivity index (χ0n) is 12.2. The monoisotopic (exact) mass is 281 g/mol. The number of likely N-dealkylation sites (N-methyl/N-ethyl adjacent to an activating group) is 1. The normalized spacial score (nSPS) is 19.9. The van der Waals surface area contributed by atoms with Gasteiger partial charge in [-0.3, -0.25) is 0 Å². The van der Waals surface area contributed by atoms with Crippen LogP contribution in [-0.2, 0) is 11.3 Å². The highest BCUT2D eigenvalue weighted by Gasteiger charge is 2.20. The Morgan fingerprint density at radius 2 is 2.25 bits per heavy atom. The van der Waals surface area contributed by atoms with Crippen LogP contribution in [0.4, 0.5) is 0 Å². The van der Waals surface area contributed by atoms with Crippen molar-refractivity contribution in [3.63, 3.8) is 0 Å². The highest BCUT2D eigenvalue weighted by molar-refractivity contribution is 5.46. The number of rotatable bonds is 6. The Hall–Kier alpha value is -1.30. The molecule has 5 nitrogen and oxygen atoms in total. The van der Waals surface area contributed by atoms with Gasteiger partial charge < -0.3 is 24.2 Å². The van der Waals surface area contributed by atoms with Gasteiger partial charge in [0, 0.05) is 18.7 Å². The van der Waals surface area contributed by atoms with Crippen molar-refractivity contribution in [2.24, 2.45) is 0 Å². The second-order valence-electron chi connectivity index (χ2n) is 4.90. The summed E-state index contributed by atoms with van der Waals surface area (Å²) in [7, 11) is 2.07. The quantitative estimate of drug-likeness (QED) is 0.851. The van der Waals surface area contributed by atoms with Crippen molar-refractivity contribution in [2.45, 2.75) is 19.6 Å². The van der Waals surface area contributed by atoms with Crippen LogP contribution in [-0.4, -0.2) is 56.1 Å². The Labute approximate surface area is 120 Å². The molecule has 5 heteroatoms. The second kappa shape index (κ2) is 7.47. The molecule has 0 aliphatic carbocycles.